The number of pyridine rings is 1. The molecule has 1 heterocycles. The van der Waals surface area contributed by atoms with Gasteiger partial charge in [0.1, 0.15) is 11.6 Å². The maximum absolute atomic E-state index is 12.5. The quantitative estimate of drug-likeness (QED) is 0.725. The van der Waals surface area contributed by atoms with Crippen LogP contribution in [0.25, 0.3) is 0 Å². The Bertz CT molecular complexity index is 324. The van der Waals surface area contributed by atoms with Gasteiger partial charge in [-0.25, -0.2) is 4.39 Å². The summed E-state index contributed by atoms with van der Waals surface area (Å²) < 4.78 is 12.5. The summed E-state index contributed by atoms with van der Waals surface area (Å²) in [6, 6.07) is 2.86. The zero-order valence-electron chi connectivity index (χ0n) is 8.67. The maximum Gasteiger partial charge on any atom is 0.144 e. The third kappa shape index (κ3) is 2.91. The Kier molecular flexibility index (Phi) is 2.99. The lowest BCUT2D eigenvalue weighted by Crippen LogP contribution is -2.22. The fourth-order valence-electron chi connectivity index (χ4n) is 0.941. The molecular weight excluding hydrogens is 181 g/mol. The van der Waals surface area contributed by atoms with Crippen LogP contribution in [0.2, 0.25) is 0 Å². The van der Waals surface area contributed by atoms with Crippen LogP contribution < -0.4 is 0 Å². The highest BCUT2D eigenvalue weighted by atomic mass is 19.1. The summed E-state index contributed by atoms with van der Waals surface area (Å²) in [5, 5.41) is 0. The van der Waals surface area contributed by atoms with E-state index in [0.717, 1.165) is 6.20 Å². The van der Waals surface area contributed by atoms with Crippen molar-refractivity contribution in [3.8, 4) is 0 Å². The van der Waals surface area contributed by atoms with Crippen LogP contribution in [0.4, 0.5) is 4.39 Å². The van der Waals surface area contributed by atoms with Crippen molar-refractivity contribution < 1.29 is 9.18 Å². The third-order valence-electron chi connectivity index (χ3n) is 1.97. The number of carbonyl (C=O) groups is 1. The van der Waals surface area contributed by atoms with Crippen LogP contribution in [-0.2, 0) is 11.2 Å². The van der Waals surface area contributed by atoms with Crippen LogP contribution in [-0.4, -0.2) is 10.8 Å². The molecule has 0 amide bonds. The van der Waals surface area contributed by atoms with Gasteiger partial charge in [0.15, 0.2) is 0 Å². The van der Waals surface area contributed by atoms with Crippen molar-refractivity contribution in [1.29, 1.82) is 0 Å². The molecule has 76 valence electrons. The van der Waals surface area contributed by atoms with Crippen molar-refractivity contribution in [3.63, 3.8) is 0 Å². The number of Topliss-reactive ketones (excluding diaryl/α,β-unsaturated/α-hetero) is 1. The lowest BCUT2D eigenvalue weighted by Gasteiger charge is -2.15. The molecule has 0 N–H and O–H groups in total. The Morgan fingerprint density at radius 3 is 2.50 bits per heavy atom. The van der Waals surface area contributed by atoms with Gasteiger partial charge in [0, 0.05) is 17.5 Å². The lowest BCUT2D eigenvalue weighted by molar-refractivity contribution is -0.125. The van der Waals surface area contributed by atoms with Gasteiger partial charge in [0.05, 0.1) is 6.20 Å². The highest BCUT2D eigenvalue weighted by Crippen LogP contribution is 2.16. The normalized spacial score (nSPS) is 11.4. The van der Waals surface area contributed by atoms with Crippen LogP contribution in [0.5, 0.6) is 0 Å². The Balaban J connectivity index is 2.71. The summed E-state index contributed by atoms with van der Waals surface area (Å²) in [5.74, 6) is -0.270. The average Bonchev–Trinajstić information content (AvgIpc) is 2.07. The van der Waals surface area contributed by atoms with Crippen molar-refractivity contribution in [2.75, 3.05) is 0 Å². The molecule has 0 aliphatic carbocycles. The first-order chi connectivity index (χ1) is 6.39. The number of aromatic nitrogens is 1. The van der Waals surface area contributed by atoms with E-state index in [1.165, 1.54) is 6.07 Å². The van der Waals surface area contributed by atoms with Crippen LogP contribution in [0.1, 0.15) is 26.5 Å². The smallest absolute Gasteiger partial charge is 0.144 e. The van der Waals surface area contributed by atoms with E-state index in [1.807, 2.05) is 20.8 Å². The van der Waals surface area contributed by atoms with E-state index in [1.54, 1.807) is 6.07 Å². The molecule has 1 aromatic heterocycles. The van der Waals surface area contributed by atoms with E-state index in [0.29, 0.717) is 5.69 Å². The summed E-state index contributed by atoms with van der Waals surface area (Å²) >= 11 is 0. The zero-order valence-corrected chi connectivity index (χ0v) is 8.67. The average molecular weight is 195 g/mol. The van der Waals surface area contributed by atoms with Gasteiger partial charge in [-0.15, -0.1) is 0 Å². The molecule has 0 aromatic carbocycles. The molecule has 0 spiro atoms. The molecule has 0 atom stereocenters. The SMILES string of the molecule is CC(C)(C)C(=O)Cc1ccc(F)cn1. The first-order valence-corrected chi connectivity index (χ1v) is 4.53. The van der Waals surface area contributed by atoms with E-state index in [9.17, 15) is 9.18 Å². The summed E-state index contributed by atoms with van der Waals surface area (Å²) in [7, 11) is 0. The van der Waals surface area contributed by atoms with Crippen molar-refractivity contribution in [3.05, 3.63) is 29.8 Å². The number of hydrogen-bond acceptors (Lipinski definition) is 2. The third-order valence-corrected chi connectivity index (χ3v) is 1.97. The standard InChI is InChI=1S/C11H14FNO/c1-11(2,3)10(14)6-9-5-4-8(12)7-13-9/h4-5,7H,6H2,1-3H3. The van der Waals surface area contributed by atoms with Crippen molar-refractivity contribution in [2.24, 2.45) is 5.41 Å². The van der Waals surface area contributed by atoms with Gasteiger partial charge in [-0.1, -0.05) is 20.8 Å². The lowest BCUT2D eigenvalue weighted by atomic mass is 9.88. The number of ketones is 1. The predicted molar refractivity (Wildman–Crippen MR) is 52.4 cm³/mol. The summed E-state index contributed by atoms with van der Waals surface area (Å²) in [6.07, 6.45) is 1.40. The molecule has 0 saturated carbocycles. The van der Waals surface area contributed by atoms with Gasteiger partial charge in [0.25, 0.3) is 0 Å². The molecule has 2 nitrogen and oxygen atoms in total. The molecule has 0 fully saturated rings. The summed E-state index contributed by atoms with van der Waals surface area (Å²) in [5.41, 5.74) is 0.252. The fraction of sp³-hybridized carbons (Fsp3) is 0.455. The first-order valence-electron chi connectivity index (χ1n) is 4.53. The molecule has 3 heteroatoms. The second-order valence-electron chi connectivity index (χ2n) is 4.32. The molecule has 0 bridgehead atoms. The Labute approximate surface area is 83.2 Å². The number of carbonyl (C=O) groups excluding carboxylic acids is 1. The van der Waals surface area contributed by atoms with E-state index >= 15 is 0 Å². The highest BCUT2D eigenvalue weighted by molar-refractivity contribution is 5.85. The molecule has 0 aliphatic heterocycles. The minimum atomic E-state index is -0.378. The Morgan fingerprint density at radius 2 is 2.07 bits per heavy atom. The second-order valence-corrected chi connectivity index (χ2v) is 4.32. The minimum absolute atomic E-state index is 0.108. The molecular formula is C11H14FNO. The summed E-state index contributed by atoms with van der Waals surface area (Å²) in [4.78, 5) is 15.4. The Hall–Kier alpha value is -1.25. The fourth-order valence-corrected chi connectivity index (χ4v) is 0.941. The van der Waals surface area contributed by atoms with Crippen LogP contribution in [0, 0.1) is 11.2 Å². The van der Waals surface area contributed by atoms with Crippen molar-refractivity contribution >= 4 is 5.78 Å². The van der Waals surface area contributed by atoms with Gasteiger partial charge >= 0.3 is 0 Å². The van der Waals surface area contributed by atoms with Crippen molar-refractivity contribution in [2.45, 2.75) is 27.2 Å². The zero-order chi connectivity index (χ0) is 10.8. The molecule has 0 radical (unpaired) electrons. The molecule has 1 aromatic rings. The van der Waals surface area contributed by atoms with Gasteiger partial charge in [-0.05, 0) is 12.1 Å². The summed E-state index contributed by atoms with van der Waals surface area (Å²) in [6.45, 7) is 5.58. The van der Waals surface area contributed by atoms with E-state index < -0.39 is 0 Å². The van der Waals surface area contributed by atoms with E-state index in [4.69, 9.17) is 0 Å². The Morgan fingerprint density at radius 1 is 1.43 bits per heavy atom. The number of nitrogens with zero attached hydrogens (tertiary/aromatic N) is 1. The van der Waals surface area contributed by atoms with Crippen LogP contribution in [0.3, 0.4) is 0 Å². The van der Waals surface area contributed by atoms with Crippen molar-refractivity contribution in [1.82, 2.24) is 4.98 Å². The van der Waals surface area contributed by atoms with Gasteiger partial charge in [0.2, 0.25) is 0 Å². The predicted octanol–water partition coefficient (Wildman–Crippen LogP) is 2.38. The molecule has 14 heavy (non-hydrogen) atoms. The van der Waals surface area contributed by atoms with Crippen LogP contribution >= 0.6 is 0 Å². The van der Waals surface area contributed by atoms with E-state index in [2.05, 4.69) is 4.98 Å². The van der Waals surface area contributed by atoms with Gasteiger partial charge in [-0.2, -0.15) is 0 Å². The van der Waals surface area contributed by atoms with Gasteiger partial charge in [-0.3, -0.25) is 9.78 Å². The van der Waals surface area contributed by atoms with E-state index in [-0.39, 0.29) is 23.4 Å². The highest BCUT2D eigenvalue weighted by Gasteiger charge is 2.21. The van der Waals surface area contributed by atoms with Crippen LogP contribution in [0.15, 0.2) is 18.3 Å². The monoisotopic (exact) mass is 195 g/mol. The molecule has 0 unspecified atom stereocenters. The largest absolute Gasteiger partial charge is 0.299 e. The minimum Gasteiger partial charge on any atom is -0.299 e. The number of hydrogen-bond donors (Lipinski definition) is 0. The molecule has 1 rings (SSSR count). The second kappa shape index (κ2) is 3.86. The van der Waals surface area contributed by atoms with Gasteiger partial charge < -0.3 is 0 Å². The molecule has 0 aliphatic rings. The maximum atomic E-state index is 12.5. The number of rotatable bonds is 2. The first kappa shape index (κ1) is 10.8. The molecule has 0 saturated heterocycles. The topological polar surface area (TPSA) is 30.0 Å². The number of halogens is 1.